The molecule has 5 heteroatoms. The van der Waals surface area contributed by atoms with Gasteiger partial charge in [0, 0.05) is 0 Å². The fraction of sp³-hybridized carbons (Fsp3) is 0.818. The highest BCUT2D eigenvalue weighted by Gasteiger charge is 2.27. The zero-order chi connectivity index (χ0) is 12.9. The summed E-state index contributed by atoms with van der Waals surface area (Å²) in [6.45, 7) is 9.14. The van der Waals surface area contributed by atoms with Crippen LogP contribution in [0, 0.1) is 5.92 Å². The van der Waals surface area contributed by atoms with Crippen molar-refractivity contribution in [2.24, 2.45) is 11.7 Å². The van der Waals surface area contributed by atoms with Crippen LogP contribution >= 0.6 is 0 Å². The zero-order valence-electron chi connectivity index (χ0n) is 10.7. The molecule has 0 aromatic carbocycles. The molecule has 0 bridgehead atoms. The van der Waals surface area contributed by atoms with Crippen LogP contribution in [-0.2, 0) is 14.3 Å². The number of hydrogen-bond donors (Lipinski definition) is 2. The van der Waals surface area contributed by atoms with Crippen LogP contribution in [0.1, 0.15) is 34.6 Å². The van der Waals surface area contributed by atoms with Crippen molar-refractivity contribution in [2.45, 2.75) is 46.3 Å². The first kappa shape index (κ1) is 14.9. The number of nitrogens with two attached hydrogens (primary N) is 1. The average Bonchev–Trinajstić information content (AvgIpc) is 1.98. The number of ether oxygens (including phenoxy) is 1. The lowest BCUT2D eigenvalue weighted by molar-refractivity contribution is -0.158. The first-order valence-electron chi connectivity index (χ1n) is 5.38. The number of amides is 1. The largest absolute Gasteiger partial charge is 0.459 e. The van der Waals surface area contributed by atoms with Gasteiger partial charge in [0.05, 0.1) is 6.54 Å². The summed E-state index contributed by atoms with van der Waals surface area (Å²) in [5.74, 6) is -0.813. The van der Waals surface area contributed by atoms with Crippen molar-refractivity contribution in [3.05, 3.63) is 0 Å². The Bertz CT molecular complexity index is 256. The van der Waals surface area contributed by atoms with Gasteiger partial charge in [-0.2, -0.15) is 0 Å². The van der Waals surface area contributed by atoms with E-state index in [4.69, 9.17) is 10.5 Å². The second-order valence-electron chi connectivity index (χ2n) is 5.10. The Morgan fingerprint density at radius 1 is 1.31 bits per heavy atom. The number of rotatable bonds is 5. The smallest absolute Gasteiger partial charge is 0.323 e. The summed E-state index contributed by atoms with van der Waals surface area (Å²) in [5.41, 5.74) is 4.49. The third kappa shape index (κ3) is 6.40. The van der Waals surface area contributed by atoms with Crippen LogP contribution in [0.3, 0.4) is 0 Å². The third-order valence-corrected chi connectivity index (χ3v) is 1.82. The highest BCUT2D eigenvalue weighted by Crippen LogP contribution is 2.12. The molecule has 0 aliphatic heterocycles. The van der Waals surface area contributed by atoms with Crippen LogP contribution in [0.15, 0.2) is 0 Å². The van der Waals surface area contributed by atoms with Crippen LogP contribution in [0.5, 0.6) is 0 Å². The molecule has 0 saturated carbocycles. The zero-order valence-corrected chi connectivity index (χ0v) is 10.7. The fourth-order valence-electron chi connectivity index (χ4n) is 1.17. The van der Waals surface area contributed by atoms with Crippen LogP contribution in [0.4, 0.5) is 0 Å². The standard InChI is InChI=1S/C11H22N2O3/c1-7(2)9(13-6-8(12)14)10(15)16-11(3,4)5/h7,9,13H,6H2,1-5H3,(H2,12,14)/t9-/m0/s1. The minimum Gasteiger partial charge on any atom is -0.459 e. The van der Waals surface area contributed by atoms with Crippen molar-refractivity contribution in [3.63, 3.8) is 0 Å². The summed E-state index contributed by atoms with van der Waals surface area (Å²) in [6.07, 6.45) is 0. The van der Waals surface area contributed by atoms with Crippen molar-refractivity contribution in [1.82, 2.24) is 5.32 Å². The molecule has 0 spiro atoms. The molecule has 0 aliphatic rings. The third-order valence-electron chi connectivity index (χ3n) is 1.82. The second kappa shape index (κ2) is 5.84. The Morgan fingerprint density at radius 2 is 1.81 bits per heavy atom. The summed E-state index contributed by atoms with van der Waals surface area (Å²) in [7, 11) is 0. The quantitative estimate of drug-likeness (QED) is 0.671. The van der Waals surface area contributed by atoms with Crippen molar-refractivity contribution in [1.29, 1.82) is 0 Å². The van der Waals surface area contributed by atoms with Gasteiger partial charge >= 0.3 is 5.97 Å². The van der Waals surface area contributed by atoms with Crippen molar-refractivity contribution >= 4 is 11.9 Å². The van der Waals surface area contributed by atoms with Crippen LogP contribution in [-0.4, -0.2) is 30.1 Å². The lowest BCUT2D eigenvalue weighted by Gasteiger charge is -2.26. The Balaban J connectivity index is 4.42. The molecule has 1 atom stereocenters. The highest BCUT2D eigenvalue weighted by atomic mass is 16.6. The van der Waals surface area contributed by atoms with E-state index >= 15 is 0 Å². The molecule has 1 amide bonds. The van der Waals surface area contributed by atoms with Gasteiger partial charge in [0.15, 0.2) is 0 Å². The normalized spacial score (nSPS) is 13.6. The molecule has 0 unspecified atom stereocenters. The summed E-state index contributed by atoms with van der Waals surface area (Å²) in [6, 6.07) is -0.508. The van der Waals surface area contributed by atoms with E-state index in [1.165, 1.54) is 0 Å². The minimum absolute atomic E-state index is 0.0257. The van der Waals surface area contributed by atoms with Crippen molar-refractivity contribution in [3.8, 4) is 0 Å². The number of primary amides is 1. The van der Waals surface area contributed by atoms with Gasteiger partial charge in [-0.25, -0.2) is 0 Å². The van der Waals surface area contributed by atoms with Crippen molar-refractivity contribution in [2.75, 3.05) is 6.54 Å². The SMILES string of the molecule is CC(C)[C@H](NCC(N)=O)C(=O)OC(C)(C)C. The topological polar surface area (TPSA) is 81.4 Å². The molecular weight excluding hydrogens is 208 g/mol. The monoisotopic (exact) mass is 230 g/mol. The van der Waals surface area contributed by atoms with Crippen LogP contribution < -0.4 is 11.1 Å². The molecule has 94 valence electrons. The Hall–Kier alpha value is -1.10. The van der Waals surface area contributed by atoms with E-state index in [2.05, 4.69) is 5.32 Å². The average molecular weight is 230 g/mol. The van der Waals surface area contributed by atoms with Gasteiger partial charge in [-0.3, -0.25) is 14.9 Å². The van der Waals surface area contributed by atoms with Gasteiger partial charge < -0.3 is 10.5 Å². The van der Waals surface area contributed by atoms with Gasteiger partial charge in [0.1, 0.15) is 11.6 Å². The molecule has 0 heterocycles. The lowest BCUT2D eigenvalue weighted by Crippen LogP contribution is -2.47. The maximum Gasteiger partial charge on any atom is 0.323 e. The fourth-order valence-corrected chi connectivity index (χ4v) is 1.17. The lowest BCUT2D eigenvalue weighted by atomic mass is 10.0. The summed E-state index contributed by atoms with van der Waals surface area (Å²) in [4.78, 5) is 22.4. The van der Waals surface area contributed by atoms with E-state index in [1.54, 1.807) is 20.8 Å². The molecule has 0 aromatic rings. The molecule has 0 radical (unpaired) electrons. The number of hydrogen-bond acceptors (Lipinski definition) is 4. The maximum absolute atomic E-state index is 11.8. The predicted octanol–water partition coefficient (Wildman–Crippen LogP) is 0.428. The number of carbonyl (C=O) groups excluding carboxylic acids is 2. The van der Waals surface area contributed by atoms with E-state index < -0.39 is 17.6 Å². The van der Waals surface area contributed by atoms with Gasteiger partial charge in [0.2, 0.25) is 5.91 Å². The molecule has 0 rings (SSSR count). The predicted molar refractivity (Wildman–Crippen MR) is 61.7 cm³/mol. The van der Waals surface area contributed by atoms with E-state index in [0.29, 0.717) is 0 Å². The second-order valence-corrected chi connectivity index (χ2v) is 5.10. The first-order valence-corrected chi connectivity index (χ1v) is 5.38. The molecule has 0 saturated heterocycles. The van der Waals surface area contributed by atoms with Gasteiger partial charge in [-0.05, 0) is 26.7 Å². The molecule has 16 heavy (non-hydrogen) atoms. The van der Waals surface area contributed by atoms with Gasteiger partial charge in [-0.1, -0.05) is 13.8 Å². The molecular formula is C11H22N2O3. The number of esters is 1. The van der Waals surface area contributed by atoms with Gasteiger partial charge in [0.25, 0.3) is 0 Å². The molecule has 5 nitrogen and oxygen atoms in total. The van der Waals surface area contributed by atoms with E-state index in [0.717, 1.165) is 0 Å². The van der Waals surface area contributed by atoms with Crippen molar-refractivity contribution < 1.29 is 14.3 Å². The number of carbonyl (C=O) groups is 2. The maximum atomic E-state index is 11.8. The highest BCUT2D eigenvalue weighted by molar-refractivity contribution is 5.79. The molecule has 0 aromatic heterocycles. The summed E-state index contributed by atoms with van der Waals surface area (Å²) < 4.78 is 5.24. The van der Waals surface area contributed by atoms with E-state index in [1.807, 2.05) is 13.8 Å². The Morgan fingerprint density at radius 3 is 2.12 bits per heavy atom. The first-order chi connectivity index (χ1) is 7.13. The molecule has 0 fully saturated rings. The van der Waals surface area contributed by atoms with E-state index in [-0.39, 0.29) is 18.4 Å². The van der Waals surface area contributed by atoms with Gasteiger partial charge in [-0.15, -0.1) is 0 Å². The molecule has 3 N–H and O–H groups in total. The Kier molecular flexibility index (Phi) is 5.44. The summed E-state index contributed by atoms with van der Waals surface area (Å²) in [5, 5.41) is 2.79. The number of nitrogens with one attached hydrogen (secondary N) is 1. The molecule has 0 aliphatic carbocycles. The Labute approximate surface area is 96.7 Å². The van der Waals surface area contributed by atoms with E-state index in [9.17, 15) is 9.59 Å². The van der Waals surface area contributed by atoms with Crippen LogP contribution in [0.25, 0.3) is 0 Å². The van der Waals surface area contributed by atoms with Crippen LogP contribution in [0.2, 0.25) is 0 Å². The minimum atomic E-state index is -0.529. The summed E-state index contributed by atoms with van der Waals surface area (Å²) >= 11 is 0.